The minimum atomic E-state index is -0.570. The maximum Gasteiger partial charge on any atom is 0.337 e. The van der Waals surface area contributed by atoms with Gasteiger partial charge in [-0.15, -0.1) is 0 Å². The molecule has 0 saturated carbocycles. The minimum Gasteiger partial charge on any atom is -0.465 e. The topological polar surface area (TPSA) is 111 Å². The van der Waals surface area contributed by atoms with Crippen molar-refractivity contribution in [1.29, 1.82) is 0 Å². The van der Waals surface area contributed by atoms with Crippen molar-refractivity contribution in [3.63, 3.8) is 0 Å². The summed E-state index contributed by atoms with van der Waals surface area (Å²) in [5.41, 5.74) is 1.72. The van der Waals surface area contributed by atoms with Gasteiger partial charge in [0, 0.05) is 18.2 Å². The quantitative estimate of drug-likeness (QED) is 0.316. The van der Waals surface area contributed by atoms with Crippen LogP contribution in [0.2, 0.25) is 0 Å². The summed E-state index contributed by atoms with van der Waals surface area (Å²) in [6, 6.07) is 21.0. The van der Waals surface area contributed by atoms with E-state index in [0.29, 0.717) is 28.1 Å². The van der Waals surface area contributed by atoms with Crippen LogP contribution in [-0.2, 0) is 14.3 Å². The fourth-order valence-electron chi connectivity index (χ4n) is 2.91. The molecule has 34 heavy (non-hydrogen) atoms. The van der Waals surface area contributed by atoms with Gasteiger partial charge in [0.15, 0.2) is 0 Å². The second-order valence-corrected chi connectivity index (χ2v) is 7.06. The monoisotopic (exact) mass is 458 g/mol. The molecule has 0 heterocycles. The minimum absolute atomic E-state index is 0.00821. The SMILES string of the molecule is COC(=O)c1ccc(NC(=O)C(=Cc2ccc(OC(C)=O)cc2)NC(=O)c2ccccc2)cc1. The summed E-state index contributed by atoms with van der Waals surface area (Å²) in [6.07, 6.45) is 1.50. The molecule has 8 nitrogen and oxygen atoms in total. The zero-order valence-corrected chi connectivity index (χ0v) is 18.5. The number of esters is 2. The number of benzene rings is 3. The molecular formula is C26H22N2O6. The Bertz CT molecular complexity index is 1220. The van der Waals surface area contributed by atoms with Crippen molar-refractivity contribution in [2.75, 3.05) is 12.4 Å². The number of nitrogens with one attached hydrogen (secondary N) is 2. The lowest BCUT2D eigenvalue weighted by atomic mass is 10.1. The first-order chi connectivity index (χ1) is 16.4. The molecule has 3 aromatic rings. The van der Waals surface area contributed by atoms with Gasteiger partial charge in [-0.2, -0.15) is 0 Å². The predicted molar refractivity (Wildman–Crippen MR) is 126 cm³/mol. The Morgan fingerprint density at radius 3 is 2.03 bits per heavy atom. The van der Waals surface area contributed by atoms with E-state index in [1.165, 1.54) is 32.2 Å². The van der Waals surface area contributed by atoms with Gasteiger partial charge >= 0.3 is 11.9 Å². The number of carbonyl (C=O) groups excluding carboxylic acids is 4. The number of carbonyl (C=O) groups is 4. The second kappa shape index (κ2) is 11.2. The summed E-state index contributed by atoms with van der Waals surface area (Å²) in [6.45, 7) is 1.30. The largest absolute Gasteiger partial charge is 0.465 e. The summed E-state index contributed by atoms with van der Waals surface area (Å²) >= 11 is 0. The zero-order valence-electron chi connectivity index (χ0n) is 18.5. The smallest absolute Gasteiger partial charge is 0.337 e. The number of hydrogen-bond donors (Lipinski definition) is 2. The van der Waals surface area contributed by atoms with E-state index in [0.717, 1.165) is 0 Å². The lowest BCUT2D eigenvalue weighted by molar-refractivity contribution is -0.131. The Kier molecular flexibility index (Phi) is 7.91. The highest BCUT2D eigenvalue weighted by atomic mass is 16.5. The van der Waals surface area contributed by atoms with Crippen molar-refractivity contribution in [2.24, 2.45) is 0 Å². The molecular weight excluding hydrogens is 436 g/mol. The first-order valence-corrected chi connectivity index (χ1v) is 10.2. The normalized spacial score (nSPS) is 10.7. The van der Waals surface area contributed by atoms with Gasteiger partial charge in [-0.3, -0.25) is 14.4 Å². The molecule has 0 atom stereocenters. The third kappa shape index (κ3) is 6.64. The Balaban J connectivity index is 1.85. The molecule has 0 radical (unpaired) electrons. The molecule has 8 heteroatoms. The molecule has 2 N–H and O–H groups in total. The van der Waals surface area contributed by atoms with Crippen LogP contribution >= 0.6 is 0 Å². The van der Waals surface area contributed by atoms with Crippen LogP contribution in [0.5, 0.6) is 5.75 Å². The van der Waals surface area contributed by atoms with Crippen LogP contribution in [0.25, 0.3) is 6.08 Å². The third-order valence-corrected chi connectivity index (χ3v) is 4.55. The molecule has 172 valence electrons. The van der Waals surface area contributed by atoms with Crippen LogP contribution in [0, 0.1) is 0 Å². The third-order valence-electron chi connectivity index (χ3n) is 4.55. The van der Waals surface area contributed by atoms with E-state index in [2.05, 4.69) is 15.4 Å². The van der Waals surface area contributed by atoms with Crippen molar-refractivity contribution in [3.05, 3.63) is 101 Å². The predicted octanol–water partition coefficient (Wildman–Crippen LogP) is 3.81. The Labute approximate surface area is 196 Å². The van der Waals surface area contributed by atoms with Crippen LogP contribution < -0.4 is 15.4 Å². The van der Waals surface area contributed by atoms with E-state index in [9.17, 15) is 19.2 Å². The summed E-state index contributed by atoms with van der Waals surface area (Å²) in [5, 5.41) is 5.34. The standard InChI is InChI=1S/C26H22N2O6/c1-17(29)34-22-14-8-18(9-15-22)16-23(28-24(30)19-6-4-3-5-7-19)25(31)27-21-12-10-20(11-13-21)26(32)33-2/h3-16H,1-2H3,(H,27,31)(H,28,30). The van der Waals surface area contributed by atoms with Crippen LogP contribution in [0.4, 0.5) is 5.69 Å². The maximum absolute atomic E-state index is 13.0. The number of hydrogen-bond acceptors (Lipinski definition) is 6. The highest BCUT2D eigenvalue weighted by Gasteiger charge is 2.15. The number of amides is 2. The number of anilines is 1. The van der Waals surface area contributed by atoms with Crippen LogP contribution in [0.15, 0.2) is 84.6 Å². The molecule has 0 bridgehead atoms. The molecule has 0 aliphatic rings. The Hall–Kier alpha value is -4.72. The van der Waals surface area contributed by atoms with Crippen LogP contribution in [-0.4, -0.2) is 30.9 Å². The fraction of sp³-hybridized carbons (Fsp3) is 0.0769. The summed E-state index contributed by atoms with van der Waals surface area (Å²) in [7, 11) is 1.28. The van der Waals surface area contributed by atoms with Gasteiger partial charge in [-0.1, -0.05) is 30.3 Å². The van der Waals surface area contributed by atoms with Crippen LogP contribution in [0.3, 0.4) is 0 Å². The van der Waals surface area contributed by atoms with Gasteiger partial charge < -0.3 is 20.1 Å². The number of methoxy groups -OCH3 is 1. The average molecular weight is 458 g/mol. The van der Waals surface area contributed by atoms with Crippen molar-refractivity contribution < 1.29 is 28.7 Å². The number of rotatable bonds is 7. The van der Waals surface area contributed by atoms with Gasteiger partial charge in [0.25, 0.3) is 11.8 Å². The van der Waals surface area contributed by atoms with E-state index < -0.39 is 23.8 Å². The van der Waals surface area contributed by atoms with Gasteiger partial charge in [-0.05, 0) is 60.2 Å². The van der Waals surface area contributed by atoms with E-state index in [1.54, 1.807) is 66.7 Å². The first kappa shape index (κ1) is 23.9. The highest BCUT2D eigenvalue weighted by molar-refractivity contribution is 6.10. The number of ether oxygens (including phenoxy) is 2. The first-order valence-electron chi connectivity index (χ1n) is 10.2. The molecule has 2 amide bonds. The lowest BCUT2D eigenvalue weighted by Crippen LogP contribution is -2.30. The van der Waals surface area contributed by atoms with E-state index >= 15 is 0 Å². The molecule has 0 aliphatic carbocycles. The zero-order chi connectivity index (χ0) is 24.5. The van der Waals surface area contributed by atoms with Crippen LogP contribution in [0.1, 0.15) is 33.2 Å². The molecule has 3 rings (SSSR count). The lowest BCUT2D eigenvalue weighted by Gasteiger charge is -2.12. The van der Waals surface area contributed by atoms with E-state index in [4.69, 9.17) is 4.74 Å². The molecule has 0 aliphatic heterocycles. The van der Waals surface area contributed by atoms with Gasteiger partial charge in [0.1, 0.15) is 11.4 Å². The van der Waals surface area contributed by atoms with Gasteiger partial charge in [0.05, 0.1) is 12.7 Å². The molecule has 0 unspecified atom stereocenters. The molecule has 0 aromatic heterocycles. The summed E-state index contributed by atoms with van der Waals surface area (Å²) in [4.78, 5) is 48.4. The molecule has 0 saturated heterocycles. The molecule has 0 spiro atoms. The maximum atomic E-state index is 13.0. The highest BCUT2D eigenvalue weighted by Crippen LogP contribution is 2.16. The van der Waals surface area contributed by atoms with Crippen molar-refractivity contribution in [2.45, 2.75) is 6.92 Å². The summed E-state index contributed by atoms with van der Waals surface area (Å²) < 4.78 is 9.68. The summed E-state index contributed by atoms with van der Waals surface area (Å²) in [5.74, 6) is -1.61. The van der Waals surface area contributed by atoms with E-state index in [-0.39, 0.29) is 5.70 Å². The molecule has 3 aromatic carbocycles. The fourth-order valence-corrected chi connectivity index (χ4v) is 2.91. The molecule has 0 fully saturated rings. The Morgan fingerprint density at radius 1 is 0.794 bits per heavy atom. The second-order valence-electron chi connectivity index (χ2n) is 7.06. The Morgan fingerprint density at radius 2 is 1.44 bits per heavy atom. The van der Waals surface area contributed by atoms with Gasteiger partial charge in [0.2, 0.25) is 0 Å². The van der Waals surface area contributed by atoms with Crippen molar-refractivity contribution >= 4 is 35.5 Å². The van der Waals surface area contributed by atoms with Crippen molar-refractivity contribution in [3.8, 4) is 5.75 Å². The van der Waals surface area contributed by atoms with E-state index in [1.807, 2.05) is 0 Å². The average Bonchev–Trinajstić information content (AvgIpc) is 2.85. The van der Waals surface area contributed by atoms with Crippen molar-refractivity contribution in [1.82, 2.24) is 5.32 Å². The van der Waals surface area contributed by atoms with Gasteiger partial charge in [-0.25, -0.2) is 4.79 Å².